The fourth-order valence-corrected chi connectivity index (χ4v) is 1.55. The van der Waals surface area contributed by atoms with Crippen LogP contribution in [0, 0.1) is 0 Å². The van der Waals surface area contributed by atoms with Crippen LogP contribution in [-0.2, 0) is 9.59 Å². The number of hydrogen-bond donors (Lipinski definition) is 2. The van der Waals surface area contributed by atoms with E-state index >= 15 is 0 Å². The first kappa shape index (κ1) is 10.2. The number of carbonyl (C=O) groups excluding carboxylic acids is 2. The van der Waals surface area contributed by atoms with E-state index in [1.54, 1.807) is 0 Å². The zero-order valence-corrected chi connectivity index (χ0v) is 8.10. The van der Waals surface area contributed by atoms with Crippen LogP contribution >= 0.6 is 0 Å². The van der Waals surface area contributed by atoms with Gasteiger partial charge in [0.1, 0.15) is 14.7 Å². The molecule has 0 aromatic carbocycles. The molecular formula is C6H14N2O2Si. The molecule has 0 bridgehead atoms. The number of nitrogens with two attached hydrogens (primary N) is 1. The first-order valence-corrected chi connectivity index (χ1v) is 6.90. The van der Waals surface area contributed by atoms with Crippen molar-refractivity contribution in [2.75, 3.05) is 0 Å². The first-order valence-electron chi connectivity index (χ1n) is 3.40. The minimum absolute atomic E-state index is 0.204. The third-order valence-corrected chi connectivity index (χ3v) is 1.88. The Hall–Kier alpha value is -0.843. The highest BCUT2D eigenvalue weighted by atomic mass is 28.3. The summed E-state index contributed by atoms with van der Waals surface area (Å²) in [5.74, 6) is -0.850. The molecule has 0 aliphatic heterocycles. The maximum atomic E-state index is 10.9. The molecule has 0 aromatic rings. The van der Waals surface area contributed by atoms with Gasteiger partial charge in [-0.05, 0) is 0 Å². The fraction of sp³-hybridized carbons (Fsp3) is 0.667. The Morgan fingerprint density at radius 2 is 1.82 bits per heavy atom. The van der Waals surface area contributed by atoms with Crippen molar-refractivity contribution in [2.24, 2.45) is 5.73 Å². The third-order valence-electron chi connectivity index (χ3n) is 0.849. The number of amides is 2. The summed E-state index contributed by atoms with van der Waals surface area (Å²) in [5.41, 5.74) is 4.83. The van der Waals surface area contributed by atoms with E-state index < -0.39 is 14.1 Å². The Morgan fingerprint density at radius 3 is 2.09 bits per heavy atom. The normalized spacial score (nSPS) is 10.8. The lowest BCUT2D eigenvalue weighted by Gasteiger charge is -2.16. The minimum Gasteiger partial charge on any atom is -0.382 e. The predicted octanol–water partition coefficient (Wildman–Crippen LogP) is -0.187. The lowest BCUT2D eigenvalue weighted by Crippen LogP contribution is -2.46. The van der Waals surface area contributed by atoms with Gasteiger partial charge in [-0.2, -0.15) is 0 Å². The van der Waals surface area contributed by atoms with Gasteiger partial charge in [-0.3, -0.25) is 9.59 Å². The van der Waals surface area contributed by atoms with E-state index in [-0.39, 0.29) is 12.3 Å². The molecule has 5 heteroatoms. The number of nitrogens with one attached hydrogen (secondary N) is 1. The van der Waals surface area contributed by atoms with Crippen molar-refractivity contribution < 1.29 is 9.59 Å². The van der Waals surface area contributed by atoms with Crippen molar-refractivity contribution >= 4 is 20.0 Å². The Morgan fingerprint density at radius 1 is 1.36 bits per heavy atom. The Kier molecular flexibility index (Phi) is 3.25. The fourth-order valence-electron chi connectivity index (χ4n) is 0.621. The first-order chi connectivity index (χ1) is 4.81. The van der Waals surface area contributed by atoms with Crippen LogP contribution in [0.5, 0.6) is 0 Å². The molecule has 0 radical (unpaired) electrons. The third kappa shape index (κ3) is 7.05. The molecule has 0 aromatic heterocycles. The summed E-state index contributed by atoms with van der Waals surface area (Å²) in [6.07, 6.45) is -0.204. The summed E-state index contributed by atoms with van der Waals surface area (Å²) in [6.45, 7) is 5.93. The summed E-state index contributed by atoms with van der Waals surface area (Å²) in [6, 6.07) is 0. The quantitative estimate of drug-likeness (QED) is 0.460. The van der Waals surface area contributed by atoms with Crippen LogP contribution in [0.3, 0.4) is 0 Å². The molecule has 0 aliphatic carbocycles. The molecule has 0 aliphatic rings. The average Bonchev–Trinajstić information content (AvgIpc) is 1.53. The van der Waals surface area contributed by atoms with Gasteiger partial charge in [0, 0.05) is 0 Å². The van der Waals surface area contributed by atoms with E-state index in [1.807, 2.05) is 19.6 Å². The molecule has 0 fully saturated rings. The second-order valence-corrected chi connectivity index (χ2v) is 8.19. The zero-order valence-electron chi connectivity index (χ0n) is 7.10. The lowest BCUT2D eigenvalue weighted by atomic mass is 10.4. The smallest absolute Gasteiger partial charge is 0.226 e. The van der Waals surface area contributed by atoms with Crippen molar-refractivity contribution in [3.05, 3.63) is 0 Å². The Balaban J connectivity index is 3.80. The number of hydrogen-bond acceptors (Lipinski definition) is 2. The van der Waals surface area contributed by atoms with Gasteiger partial charge in [-0.25, -0.2) is 0 Å². The van der Waals surface area contributed by atoms with Crippen LogP contribution in [0.25, 0.3) is 0 Å². The van der Waals surface area contributed by atoms with Gasteiger partial charge in [0.05, 0.1) is 0 Å². The molecule has 0 heterocycles. The SMILES string of the molecule is C[Si](C)(C)NC(=O)CC(N)=O. The minimum atomic E-state index is -1.59. The molecule has 0 unspecified atom stereocenters. The Labute approximate surface area is 67.2 Å². The maximum absolute atomic E-state index is 10.9. The van der Waals surface area contributed by atoms with E-state index in [9.17, 15) is 9.59 Å². The second-order valence-electron chi connectivity index (χ2n) is 3.44. The van der Waals surface area contributed by atoms with Gasteiger partial charge in [0.25, 0.3) is 0 Å². The molecule has 11 heavy (non-hydrogen) atoms. The van der Waals surface area contributed by atoms with E-state index in [4.69, 9.17) is 5.73 Å². The van der Waals surface area contributed by atoms with Crippen LogP contribution in [0.15, 0.2) is 0 Å². The van der Waals surface area contributed by atoms with Crippen molar-refractivity contribution in [3.8, 4) is 0 Å². The molecule has 2 amide bonds. The van der Waals surface area contributed by atoms with Gasteiger partial charge < -0.3 is 10.7 Å². The van der Waals surface area contributed by atoms with Gasteiger partial charge in [0.2, 0.25) is 11.8 Å². The highest BCUT2D eigenvalue weighted by Gasteiger charge is 2.17. The predicted molar refractivity (Wildman–Crippen MR) is 45.3 cm³/mol. The summed E-state index contributed by atoms with van der Waals surface area (Å²) >= 11 is 0. The highest BCUT2D eigenvalue weighted by molar-refractivity contribution is 6.75. The van der Waals surface area contributed by atoms with E-state index in [2.05, 4.69) is 4.98 Å². The van der Waals surface area contributed by atoms with E-state index in [0.717, 1.165) is 0 Å². The second kappa shape index (κ2) is 3.52. The van der Waals surface area contributed by atoms with Crippen molar-refractivity contribution in [1.82, 2.24) is 4.98 Å². The number of rotatable bonds is 3. The van der Waals surface area contributed by atoms with E-state index in [1.165, 1.54) is 0 Å². The van der Waals surface area contributed by atoms with Crippen LogP contribution in [0.2, 0.25) is 19.6 Å². The van der Waals surface area contributed by atoms with E-state index in [0.29, 0.717) is 0 Å². The van der Waals surface area contributed by atoms with Crippen LogP contribution in [-0.4, -0.2) is 20.0 Å². The molecule has 0 atom stereocenters. The van der Waals surface area contributed by atoms with Gasteiger partial charge >= 0.3 is 0 Å². The van der Waals surface area contributed by atoms with Crippen molar-refractivity contribution in [3.63, 3.8) is 0 Å². The van der Waals surface area contributed by atoms with Crippen LogP contribution in [0.1, 0.15) is 6.42 Å². The molecular weight excluding hydrogens is 160 g/mol. The van der Waals surface area contributed by atoms with Crippen molar-refractivity contribution in [2.45, 2.75) is 26.1 Å². The molecule has 3 N–H and O–H groups in total. The Bertz CT molecular complexity index is 174. The lowest BCUT2D eigenvalue weighted by molar-refractivity contribution is -0.126. The summed E-state index contributed by atoms with van der Waals surface area (Å²) in [7, 11) is -1.59. The van der Waals surface area contributed by atoms with Crippen molar-refractivity contribution in [1.29, 1.82) is 0 Å². The highest BCUT2D eigenvalue weighted by Crippen LogP contribution is 1.94. The molecule has 64 valence electrons. The standard InChI is InChI=1S/C6H14N2O2Si/c1-11(2,3)8-6(10)4-5(7)9/h4H2,1-3H3,(H2,7,9)(H,8,10). The van der Waals surface area contributed by atoms with Gasteiger partial charge in [0.15, 0.2) is 0 Å². The maximum Gasteiger partial charge on any atom is 0.226 e. The number of carbonyl (C=O) groups is 2. The largest absolute Gasteiger partial charge is 0.382 e. The van der Waals surface area contributed by atoms with Gasteiger partial charge in [-0.15, -0.1) is 0 Å². The molecule has 0 saturated carbocycles. The zero-order chi connectivity index (χ0) is 9.07. The monoisotopic (exact) mass is 174 g/mol. The summed E-state index contributed by atoms with van der Waals surface area (Å²) < 4.78 is 0. The molecule has 0 spiro atoms. The molecule has 4 nitrogen and oxygen atoms in total. The average molecular weight is 174 g/mol. The summed E-state index contributed by atoms with van der Waals surface area (Å²) in [5, 5.41) is 0. The summed E-state index contributed by atoms with van der Waals surface area (Å²) in [4.78, 5) is 23.9. The molecule has 0 saturated heterocycles. The number of primary amides is 1. The molecule has 0 rings (SSSR count). The van der Waals surface area contributed by atoms with Crippen LogP contribution in [0.4, 0.5) is 0 Å². The topological polar surface area (TPSA) is 72.2 Å². The van der Waals surface area contributed by atoms with Gasteiger partial charge in [-0.1, -0.05) is 19.6 Å². The van der Waals surface area contributed by atoms with Crippen LogP contribution < -0.4 is 10.7 Å².